The van der Waals surface area contributed by atoms with Crippen LogP contribution in [-0.2, 0) is 0 Å². The second-order valence-corrected chi connectivity index (χ2v) is 5.64. The van der Waals surface area contributed by atoms with E-state index in [1.54, 1.807) is 24.3 Å². The summed E-state index contributed by atoms with van der Waals surface area (Å²) in [6.45, 7) is 0. The number of phenolic OH excluding ortho intramolecular Hbond substituents is 3. The van der Waals surface area contributed by atoms with E-state index in [9.17, 15) is 30.2 Å². The van der Waals surface area contributed by atoms with Crippen LogP contribution in [0.5, 0.6) is 28.7 Å². The van der Waals surface area contributed by atoms with Gasteiger partial charge in [-0.15, -0.1) is 0 Å². The highest BCUT2D eigenvalue weighted by atomic mass is 16.6. The van der Waals surface area contributed by atoms with E-state index in [-0.39, 0.29) is 0 Å². The molecule has 0 atom stereocenters. The molecule has 3 aromatic carbocycles. The van der Waals surface area contributed by atoms with E-state index in [1.165, 1.54) is 12.1 Å². The number of hydrogen-bond donors (Lipinski definition) is 4. The zero-order chi connectivity index (χ0) is 20.3. The molecule has 142 valence electrons. The molecule has 0 heterocycles. The predicted octanol–water partition coefficient (Wildman–Crippen LogP) is 3.76. The second kappa shape index (κ2) is 7.54. The molecule has 0 aliphatic rings. The number of hydrogen-bond acceptors (Lipinski definition) is 7. The Labute approximate surface area is 158 Å². The lowest BCUT2D eigenvalue weighted by Crippen LogP contribution is -2.13. The van der Waals surface area contributed by atoms with Crippen LogP contribution in [0.2, 0.25) is 0 Å². The highest BCUT2D eigenvalue weighted by Crippen LogP contribution is 2.43. The van der Waals surface area contributed by atoms with Crippen molar-refractivity contribution in [1.82, 2.24) is 0 Å². The topological polar surface area (TPSA) is 142 Å². The van der Waals surface area contributed by atoms with E-state index >= 15 is 0 Å². The number of nitrogens with one attached hydrogen (secondary N) is 1. The summed E-state index contributed by atoms with van der Waals surface area (Å²) >= 11 is 0. The van der Waals surface area contributed by atoms with Crippen molar-refractivity contribution in [2.24, 2.45) is 0 Å². The van der Waals surface area contributed by atoms with Crippen molar-refractivity contribution in [3.8, 4) is 28.7 Å². The first-order valence-electron chi connectivity index (χ1n) is 7.93. The van der Waals surface area contributed by atoms with Crippen LogP contribution in [0.25, 0.3) is 0 Å². The summed E-state index contributed by atoms with van der Waals surface area (Å²) in [6, 6.07) is 15.9. The summed E-state index contributed by atoms with van der Waals surface area (Å²) in [5.74, 6) is -2.75. The second-order valence-electron chi connectivity index (χ2n) is 5.64. The number of phenols is 3. The number of nitro groups is 1. The summed E-state index contributed by atoms with van der Waals surface area (Å²) in [7, 11) is 0. The fraction of sp³-hybridized carbons (Fsp3) is 0. The number of rotatable bonds is 5. The molecule has 28 heavy (non-hydrogen) atoms. The van der Waals surface area contributed by atoms with Gasteiger partial charge in [0.25, 0.3) is 5.91 Å². The molecule has 0 aliphatic carbocycles. The molecule has 0 aliphatic heterocycles. The summed E-state index contributed by atoms with van der Waals surface area (Å²) in [6.07, 6.45) is 0. The zero-order valence-corrected chi connectivity index (χ0v) is 14.2. The predicted molar refractivity (Wildman–Crippen MR) is 99.0 cm³/mol. The van der Waals surface area contributed by atoms with E-state index in [4.69, 9.17) is 4.74 Å². The molecule has 0 unspecified atom stereocenters. The van der Waals surface area contributed by atoms with Crippen LogP contribution in [0.15, 0.2) is 60.7 Å². The molecular weight excluding hydrogens is 368 g/mol. The number of nitro benzene ring substituents is 1. The van der Waals surface area contributed by atoms with Crippen LogP contribution in [-0.4, -0.2) is 26.2 Å². The van der Waals surface area contributed by atoms with Crippen molar-refractivity contribution in [2.45, 2.75) is 0 Å². The minimum absolute atomic E-state index is 0.292. The first-order chi connectivity index (χ1) is 13.4. The minimum Gasteiger partial charge on any atom is -0.507 e. The van der Waals surface area contributed by atoms with Crippen LogP contribution < -0.4 is 10.1 Å². The molecule has 0 bridgehead atoms. The van der Waals surface area contributed by atoms with Crippen LogP contribution in [0.3, 0.4) is 0 Å². The fourth-order valence-corrected chi connectivity index (χ4v) is 2.46. The number of anilines is 1. The number of nitrogens with zero attached hydrogens (tertiary/aromatic N) is 1. The van der Waals surface area contributed by atoms with Gasteiger partial charge in [0.15, 0.2) is 0 Å². The van der Waals surface area contributed by atoms with Gasteiger partial charge in [-0.05, 0) is 36.4 Å². The van der Waals surface area contributed by atoms with E-state index in [0.717, 1.165) is 0 Å². The quantitative estimate of drug-likeness (QED) is 0.389. The maximum absolute atomic E-state index is 12.4. The minimum atomic E-state index is -1.14. The van der Waals surface area contributed by atoms with Crippen molar-refractivity contribution >= 4 is 17.3 Å². The first-order valence-corrected chi connectivity index (χ1v) is 7.93. The Morgan fingerprint density at radius 2 is 1.54 bits per heavy atom. The van der Waals surface area contributed by atoms with Crippen molar-refractivity contribution in [3.05, 3.63) is 76.3 Å². The molecule has 0 radical (unpaired) electrons. The molecule has 0 fully saturated rings. The molecule has 0 aromatic heterocycles. The summed E-state index contributed by atoms with van der Waals surface area (Å²) < 4.78 is 5.62. The van der Waals surface area contributed by atoms with Crippen molar-refractivity contribution in [1.29, 1.82) is 0 Å². The standard InChI is InChI=1S/C19H14N2O7/c22-14-10-15(23)17(21(26)27)18(24)16(14)19(25)20-11-6-8-13(9-7-11)28-12-4-2-1-3-5-12/h1-10,22-24H,(H,20,25). The van der Waals surface area contributed by atoms with E-state index in [0.29, 0.717) is 23.3 Å². The average molecular weight is 382 g/mol. The van der Waals surface area contributed by atoms with Crippen molar-refractivity contribution < 1.29 is 29.8 Å². The number of ether oxygens (including phenoxy) is 1. The lowest BCUT2D eigenvalue weighted by Gasteiger charge is -2.10. The highest BCUT2D eigenvalue weighted by Gasteiger charge is 2.29. The fourth-order valence-electron chi connectivity index (χ4n) is 2.46. The number of benzene rings is 3. The van der Waals surface area contributed by atoms with Gasteiger partial charge in [-0.25, -0.2) is 0 Å². The van der Waals surface area contributed by atoms with Gasteiger partial charge in [0.05, 0.1) is 4.92 Å². The van der Waals surface area contributed by atoms with Gasteiger partial charge < -0.3 is 25.4 Å². The number of amides is 1. The molecule has 0 saturated heterocycles. The van der Waals surface area contributed by atoms with Gasteiger partial charge in [0.1, 0.15) is 22.8 Å². The third-order valence-corrected chi connectivity index (χ3v) is 3.73. The van der Waals surface area contributed by atoms with Crippen LogP contribution in [0.1, 0.15) is 10.4 Å². The third-order valence-electron chi connectivity index (χ3n) is 3.73. The van der Waals surface area contributed by atoms with Gasteiger partial charge in [-0.3, -0.25) is 14.9 Å². The summed E-state index contributed by atoms with van der Waals surface area (Å²) in [5, 5.41) is 42.6. The average Bonchev–Trinajstić information content (AvgIpc) is 2.63. The zero-order valence-electron chi connectivity index (χ0n) is 14.2. The summed E-state index contributed by atoms with van der Waals surface area (Å²) in [5.41, 5.74) is -1.51. The molecule has 3 aromatic rings. The normalized spacial score (nSPS) is 10.3. The molecular formula is C19H14N2O7. The van der Waals surface area contributed by atoms with E-state index in [1.807, 2.05) is 18.2 Å². The third kappa shape index (κ3) is 3.78. The van der Waals surface area contributed by atoms with Gasteiger partial charge >= 0.3 is 5.69 Å². The molecule has 9 nitrogen and oxygen atoms in total. The number of carbonyl (C=O) groups is 1. The monoisotopic (exact) mass is 382 g/mol. The Kier molecular flexibility index (Phi) is 4.99. The number of aromatic hydroxyl groups is 3. The Morgan fingerprint density at radius 1 is 0.929 bits per heavy atom. The molecule has 0 spiro atoms. The molecule has 9 heteroatoms. The molecule has 1 amide bonds. The maximum atomic E-state index is 12.4. The van der Waals surface area contributed by atoms with E-state index < -0.39 is 39.3 Å². The number of carbonyl (C=O) groups excluding carboxylic acids is 1. The lowest BCUT2D eigenvalue weighted by molar-refractivity contribution is -0.386. The Balaban J connectivity index is 1.80. The van der Waals surface area contributed by atoms with Gasteiger partial charge in [0.2, 0.25) is 11.5 Å². The molecule has 4 N–H and O–H groups in total. The smallest absolute Gasteiger partial charge is 0.353 e. The highest BCUT2D eigenvalue weighted by molar-refractivity contribution is 6.09. The van der Waals surface area contributed by atoms with Crippen LogP contribution >= 0.6 is 0 Å². The van der Waals surface area contributed by atoms with Crippen molar-refractivity contribution in [3.63, 3.8) is 0 Å². The molecule has 3 rings (SSSR count). The maximum Gasteiger partial charge on any atom is 0.353 e. The number of para-hydroxylation sites is 1. The van der Waals surface area contributed by atoms with Crippen LogP contribution in [0, 0.1) is 10.1 Å². The molecule has 0 saturated carbocycles. The summed E-state index contributed by atoms with van der Waals surface area (Å²) in [4.78, 5) is 22.2. The van der Waals surface area contributed by atoms with Crippen molar-refractivity contribution in [2.75, 3.05) is 5.32 Å². The Morgan fingerprint density at radius 3 is 2.14 bits per heavy atom. The largest absolute Gasteiger partial charge is 0.507 e. The lowest BCUT2D eigenvalue weighted by atomic mass is 10.1. The SMILES string of the molecule is O=C(Nc1ccc(Oc2ccccc2)cc1)c1c(O)cc(O)c([N+](=O)[O-])c1O. The Hall–Kier alpha value is -4.27. The van der Waals surface area contributed by atoms with E-state index in [2.05, 4.69) is 5.32 Å². The van der Waals surface area contributed by atoms with Gasteiger partial charge in [-0.1, -0.05) is 18.2 Å². The van der Waals surface area contributed by atoms with Crippen LogP contribution in [0.4, 0.5) is 11.4 Å². The van der Waals surface area contributed by atoms with Gasteiger partial charge in [-0.2, -0.15) is 0 Å². The Bertz CT molecular complexity index is 1030. The van der Waals surface area contributed by atoms with Gasteiger partial charge in [0, 0.05) is 11.8 Å². The first kappa shape index (κ1) is 18.5.